The molecule has 1 unspecified atom stereocenters. The Kier molecular flexibility index (Phi) is 7.36. The molecule has 0 heterocycles. The number of urea groups is 1. The Labute approximate surface area is 120 Å². The number of rotatable bonds is 6. The molecule has 1 rings (SSSR count). The molecule has 2 N–H and O–H groups in total. The predicted molar refractivity (Wildman–Crippen MR) is 75.7 cm³/mol. The minimum absolute atomic E-state index is 0.217. The van der Waals surface area contributed by atoms with Crippen molar-refractivity contribution >= 4 is 12.0 Å². The monoisotopic (exact) mass is 286 g/mol. The van der Waals surface area contributed by atoms with Crippen molar-refractivity contribution < 1.29 is 19.4 Å². The topological polar surface area (TPSA) is 78.9 Å². The van der Waals surface area contributed by atoms with Gasteiger partial charge in [0, 0.05) is 33.2 Å². The molecular weight excluding hydrogens is 260 g/mol. The number of aliphatic carboxylic acids is 1. The van der Waals surface area contributed by atoms with Crippen LogP contribution in [0.25, 0.3) is 0 Å². The minimum Gasteiger partial charge on any atom is -0.480 e. The molecule has 0 saturated heterocycles. The molecule has 0 bridgehead atoms. The molecule has 20 heavy (non-hydrogen) atoms. The SMILES string of the molecule is COCCC(NC(=O)N(C)C1CCCCCC1)C(=O)O. The Balaban J connectivity index is 2.51. The standard InChI is InChI=1S/C14H26N2O4/c1-16(11-7-5-3-4-6-8-11)14(19)15-12(13(17)18)9-10-20-2/h11-12H,3-10H2,1-2H3,(H,15,19)(H,17,18). The number of carboxylic acid groups (broad SMARTS) is 1. The van der Waals surface area contributed by atoms with E-state index < -0.39 is 12.0 Å². The molecule has 0 spiro atoms. The second kappa shape index (κ2) is 8.79. The highest BCUT2D eigenvalue weighted by Gasteiger charge is 2.25. The van der Waals surface area contributed by atoms with E-state index >= 15 is 0 Å². The van der Waals surface area contributed by atoms with Crippen LogP contribution in [0.2, 0.25) is 0 Å². The molecule has 1 fully saturated rings. The first-order valence-electron chi connectivity index (χ1n) is 7.31. The van der Waals surface area contributed by atoms with Gasteiger partial charge in [0.2, 0.25) is 0 Å². The van der Waals surface area contributed by atoms with E-state index in [1.165, 1.54) is 20.0 Å². The highest BCUT2D eigenvalue weighted by Crippen LogP contribution is 2.21. The molecule has 0 aromatic heterocycles. The molecule has 0 aromatic rings. The average Bonchev–Trinajstić information content (AvgIpc) is 2.70. The average molecular weight is 286 g/mol. The predicted octanol–water partition coefficient (Wildman–Crippen LogP) is 1.84. The van der Waals surface area contributed by atoms with Gasteiger partial charge in [-0.05, 0) is 12.8 Å². The molecule has 1 aliphatic rings. The molecular formula is C14H26N2O4. The maximum atomic E-state index is 12.1. The summed E-state index contributed by atoms with van der Waals surface area (Å²) in [5, 5.41) is 11.7. The number of hydrogen-bond acceptors (Lipinski definition) is 3. The van der Waals surface area contributed by atoms with Crippen molar-refractivity contribution in [1.29, 1.82) is 0 Å². The van der Waals surface area contributed by atoms with Crippen LogP contribution in [0.15, 0.2) is 0 Å². The third-order valence-corrected chi connectivity index (χ3v) is 3.90. The van der Waals surface area contributed by atoms with Crippen LogP contribution in [0, 0.1) is 0 Å². The maximum Gasteiger partial charge on any atom is 0.326 e. The number of amides is 2. The van der Waals surface area contributed by atoms with Gasteiger partial charge in [0.1, 0.15) is 6.04 Å². The summed E-state index contributed by atoms with van der Waals surface area (Å²) < 4.78 is 4.87. The van der Waals surface area contributed by atoms with Gasteiger partial charge in [-0.15, -0.1) is 0 Å². The Bertz CT molecular complexity index is 314. The Morgan fingerprint density at radius 2 is 1.90 bits per heavy atom. The summed E-state index contributed by atoms with van der Waals surface area (Å²) in [6.45, 7) is 0.310. The van der Waals surface area contributed by atoms with E-state index in [0.717, 1.165) is 25.7 Å². The Morgan fingerprint density at radius 1 is 1.30 bits per heavy atom. The fourth-order valence-electron chi connectivity index (χ4n) is 2.55. The second-order valence-corrected chi connectivity index (χ2v) is 5.38. The van der Waals surface area contributed by atoms with E-state index in [0.29, 0.717) is 6.61 Å². The van der Waals surface area contributed by atoms with Crippen molar-refractivity contribution in [3.63, 3.8) is 0 Å². The van der Waals surface area contributed by atoms with E-state index in [2.05, 4.69) is 5.32 Å². The lowest BCUT2D eigenvalue weighted by Gasteiger charge is -2.28. The number of hydrogen-bond donors (Lipinski definition) is 2. The van der Waals surface area contributed by atoms with Crippen molar-refractivity contribution in [2.24, 2.45) is 0 Å². The van der Waals surface area contributed by atoms with Gasteiger partial charge in [0.25, 0.3) is 0 Å². The van der Waals surface area contributed by atoms with Crippen LogP contribution in [0.4, 0.5) is 4.79 Å². The first-order chi connectivity index (χ1) is 9.56. The third-order valence-electron chi connectivity index (χ3n) is 3.90. The van der Waals surface area contributed by atoms with Crippen molar-refractivity contribution in [1.82, 2.24) is 10.2 Å². The lowest BCUT2D eigenvalue weighted by molar-refractivity contribution is -0.139. The fourth-order valence-corrected chi connectivity index (χ4v) is 2.55. The van der Waals surface area contributed by atoms with Gasteiger partial charge >= 0.3 is 12.0 Å². The zero-order chi connectivity index (χ0) is 15.0. The number of carboxylic acids is 1. The summed E-state index contributed by atoms with van der Waals surface area (Å²) in [7, 11) is 3.26. The molecule has 6 heteroatoms. The molecule has 1 atom stereocenters. The van der Waals surface area contributed by atoms with Crippen LogP contribution in [-0.4, -0.2) is 54.9 Å². The van der Waals surface area contributed by atoms with Crippen molar-refractivity contribution in [2.75, 3.05) is 20.8 Å². The van der Waals surface area contributed by atoms with Gasteiger partial charge in [-0.3, -0.25) is 0 Å². The fraction of sp³-hybridized carbons (Fsp3) is 0.857. The summed E-state index contributed by atoms with van der Waals surface area (Å²) in [4.78, 5) is 24.9. The van der Waals surface area contributed by atoms with Crippen LogP contribution in [-0.2, 0) is 9.53 Å². The first-order valence-corrected chi connectivity index (χ1v) is 7.31. The zero-order valence-electron chi connectivity index (χ0n) is 12.4. The van der Waals surface area contributed by atoms with Crippen LogP contribution in [0.1, 0.15) is 44.9 Å². The van der Waals surface area contributed by atoms with Gasteiger partial charge < -0.3 is 20.1 Å². The highest BCUT2D eigenvalue weighted by atomic mass is 16.5. The smallest absolute Gasteiger partial charge is 0.326 e. The van der Waals surface area contributed by atoms with Gasteiger partial charge in [-0.2, -0.15) is 0 Å². The molecule has 0 aliphatic heterocycles. The third kappa shape index (κ3) is 5.36. The van der Waals surface area contributed by atoms with Crippen LogP contribution in [0.3, 0.4) is 0 Å². The van der Waals surface area contributed by atoms with E-state index in [4.69, 9.17) is 9.84 Å². The van der Waals surface area contributed by atoms with Crippen molar-refractivity contribution in [2.45, 2.75) is 57.0 Å². The number of ether oxygens (including phenoxy) is 1. The first kappa shape index (κ1) is 16.8. The maximum absolute atomic E-state index is 12.1. The van der Waals surface area contributed by atoms with Gasteiger partial charge in [0.15, 0.2) is 0 Å². The van der Waals surface area contributed by atoms with Crippen LogP contribution in [0.5, 0.6) is 0 Å². The molecule has 2 amide bonds. The zero-order valence-corrected chi connectivity index (χ0v) is 12.4. The summed E-state index contributed by atoms with van der Waals surface area (Å²) in [5.74, 6) is -1.02. The van der Waals surface area contributed by atoms with Crippen molar-refractivity contribution in [3.05, 3.63) is 0 Å². The number of carbonyl (C=O) groups excluding carboxylic acids is 1. The normalized spacial score (nSPS) is 18.1. The molecule has 0 radical (unpaired) electrons. The number of nitrogens with one attached hydrogen (secondary N) is 1. The number of methoxy groups -OCH3 is 1. The Hall–Kier alpha value is -1.30. The quantitative estimate of drug-likeness (QED) is 0.730. The van der Waals surface area contributed by atoms with Gasteiger partial charge in [-0.1, -0.05) is 25.7 Å². The van der Waals surface area contributed by atoms with Crippen molar-refractivity contribution in [3.8, 4) is 0 Å². The van der Waals surface area contributed by atoms with E-state index in [1.807, 2.05) is 0 Å². The molecule has 1 saturated carbocycles. The number of nitrogens with zero attached hydrogens (tertiary/aromatic N) is 1. The second-order valence-electron chi connectivity index (χ2n) is 5.38. The van der Waals surface area contributed by atoms with E-state index in [-0.39, 0.29) is 18.5 Å². The summed E-state index contributed by atoms with van der Waals surface area (Å²) in [6, 6.07) is -0.981. The summed E-state index contributed by atoms with van der Waals surface area (Å²) in [6.07, 6.45) is 6.98. The van der Waals surface area contributed by atoms with Crippen LogP contribution >= 0.6 is 0 Å². The van der Waals surface area contributed by atoms with Gasteiger partial charge in [-0.25, -0.2) is 9.59 Å². The Morgan fingerprint density at radius 3 is 2.40 bits per heavy atom. The van der Waals surface area contributed by atoms with E-state index in [9.17, 15) is 9.59 Å². The van der Waals surface area contributed by atoms with Gasteiger partial charge in [0.05, 0.1) is 0 Å². The molecule has 116 valence electrons. The van der Waals surface area contributed by atoms with Crippen LogP contribution < -0.4 is 5.32 Å². The summed E-state index contributed by atoms with van der Waals surface area (Å²) >= 11 is 0. The minimum atomic E-state index is -1.02. The largest absolute Gasteiger partial charge is 0.480 e. The summed E-state index contributed by atoms with van der Waals surface area (Å²) in [5.41, 5.74) is 0. The lowest BCUT2D eigenvalue weighted by atomic mass is 10.1. The highest BCUT2D eigenvalue weighted by molar-refractivity contribution is 5.82. The lowest BCUT2D eigenvalue weighted by Crippen LogP contribution is -2.50. The molecule has 1 aliphatic carbocycles. The molecule has 6 nitrogen and oxygen atoms in total. The number of carbonyl (C=O) groups is 2. The van der Waals surface area contributed by atoms with E-state index in [1.54, 1.807) is 11.9 Å². The molecule has 0 aromatic carbocycles.